The maximum Gasteiger partial charge on any atom is 0.472 e. The van der Waals surface area contributed by atoms with Crippen LogP contribution in [-0.2, 0) is 42.2 Å². The van der Waals surface area contributed by atoms with Crippen LogP contribution >= 0.6 is 7.82 Å². The third kappa shape index (κ3) is 58.1. The number of allylic oxidation sites excluding steroid dienone is 8. The van der Waals surface area contributed by atoms with Gasteiger partial charge in [-0.05, 0) is 77.0 Å². The number of hydrogen-bond acceptors (Lipinski definition) is 10. The van der Waals surface area contributed by atoms with Crippen molar-refractivity contribution in [2.75, 3.05) is 26.4 Å². The van der Waals surface area contributed by atoms with Crippen molar-refractivity contribution in [1.82, 2.24) is 0 Å². The molecule has 0 aromatic carbocycles. The van der Waals surface area contributed by atoms with E-state index in [1.165, 1.54) is 161 Å². The van der Waals surface area contributed by atoms with Crippen LogP contribution in [0.15, 0.2) is 48.6 Å². The van der Waals surface area contributed by atoms with Crippen molar-refractivity contribution in [1.29, 1.82) is 0 Å². The zero-order chi connectivity index (χ0) is 56.9. The number of phosphoric acid groups is 1. The van der Waals surface area contributed by atoms with Gasteiger partial charge < -0.3 is 24.2 Å². The molecule has 78 heavy (non-hydrogen) atoms. The number of unbranched alkanes of at least 4 members (excludes halogenated alkanes) is 36. The van der Waals surface area contributed by atoms with E-state index in [2.05, 4.69) is 69.4 Å². The van der Waals surface area contributed by atoms with Gasteiger partial charge in [0, 0.05) is 19.3 Å². The number of phosphoric ester groups is 1. The second-order valence-corrected chi connectivity index (χ2v) is 23.4. The molecule has 0 aromatic rings. The van der Waals surface area contributed by atoms with Gasteiger partial charge in [0.2, 0.25) is 0 Å². The fourth-order valence-electron chi connectivity index (χ4n) is 9.25. The van der Waals surface area contributed by atoms with Gasteiger partial charge in [-0.1, -0.05) is 268 Å². The highest BCUT2D eigenvalue weighted by Gasteiger charge is 2.28. The summed E-state index contributed by atoms with van der Waals surface area (Å²) < 4.78 is 39.7. The fourth-order valence-corrected chi connectivity index (χ4v) is 10.0. The van der Waals surface area contributed by atoms with Crippen molar-refractivity contribution in [3.8, 4) is 0 Å². The Kier molecular flexibility index (Phi) is 58.5. The van der Waals surface area contributed by atoms with Crippen LogP contribution in [0.3, 0.4) is 0 Å². The van der Waals surface area contributed by atoms with Gasteiger partial charge in [-0.15, -0.1) is 0 Å². The predicted octanol–water partition coefficient (Wildman–Crippen LogP) is 19.7. The van der Waals surface area contributed by atoms with E-state index in [0.29, 0.717) is 19.3 Å². The van der Waals surface area contributed by atoms with E-state index in [-0.39, 0.29) is 25.9 Å². The highest BCUT2D eigenvalue weighted by molar-refractivity contribution is 7.47. The van der Waals surface area contributed by atoms with Crippen molar-refractivity contribution in [2.45, 2.75) is 328 Å². The smallest absolute Gasteiger partial charge is 0.462 e. The largest absolute Gasteiger partial charge is 0.472 e. The molecule has 0 aromatic heterocycles. The minimum atomic E-state index is -4.75. The Morgan fingerprint density at radius 1 is 0.359 bits per heavy atom. The predicted molar refractivity (Wildman–Crippen MR) is 325 cm³/mol. The van der Waals surface area contributed by atoms with Crippen LogP contribution < -0.4 is 0 Å². The van der Waals surface area contributed by atoms with Crippen molar-refractivity contribution < 1.29 is 52.2 Å². The maximum absolute atomic E-state index is 12.9. The second-order valence-electron chi connectivity index (χ2n) is 21.9. The topological polar surface area (TPSA) is 155 Å². The van der Waals surface area contributed by atoms with Gasteiger partial charge in [-0.25, -0.2) is 4.57 Å². The van der Waals surface area contributed by atoms with E-state index >= 15 is 0 Å². The molecule has 11 nitrogen and oxygen atoms in total. The molecule has 0 amide bonds. The molecule has 0 rings (SSSR count). The lowest BCUT2D eigenvalue weighted by atomic mass is 10.0. The molecule has 0 fully saturated rings. The summed E-state index contributed by atoms with van der Waals surface area (Å²) in [5.74, 6) is -1.46. The number of ether oxygens (including phenoxy) is 3. The first-order valence-corrected chi connectivity index (χ1v) is 34.0. The number of hydrogen-bond donors (Lipinski definition) is 2. The van der Waals surface area contributed by atoms with Crippen molar-refractivity contribution >= 4 is 25.7 Å². The van der Waals surface area contributed by atoms with Crippen LogP contribution in [0.5, 0.6) is 0 Å². The maximum atomic E-state index is 12.9. The summed E-state index contributed by atoms with van der Waals surface area (Å²) in [6.45, 7) is 4.60. The summed E-state index contributed by atoms with van der Waals surface area (Å²) in [6.07, 6.45) is 66.3. The monoisotopic (exact) mass is 1120 g/mol. The van der Waals surface area contributed by atoms with Crippen molar-refractivity contribution in [3.05, 3.63) is 48.6 Å². The molecule has 0 aliphatic carbocycles. The zero-order valence-electron chi connectivity index (χ0n) is 50.6. The molecule has 3 atom stereocenters. The third-order valence-electron chi connectivity index (χ3n) is 14.2. The van der Waals surface area contributed by atoms with E-state index in [1.807, 2.05) is 0 Å². The van der Waals surface area contributed by atoms with Gasteiger partial charge >= 0.3 is 25.7 Å². The van der Waals surface area contributed by atoms with Crippen LogP contribution in [0.2, 0.25) is 0 Å². The minimum Gasteiger partial charge on any atom is -0.462 e. The van der Waals surface area contributed by atoms with Gasteiger partial charge in [-0.3, -0.25) is 23.4 Å². The van der Waals surface area contributed by atoms with Gasteiger partial charge in [0.05, 0.1) is 19.8 Å². The van der Waals surface area contributed by atoms with Crippen LogP contribution in [0.4, 0.5) is 0 Å². The van der Waals surface area contributed by atoms with Gasteiger partial charge in [-0.2, -0.15) is 0 Å². The molecule has 12 heteroatoms. The molecule has 0 aliphatic rings. The number of rotatable bonds is 61. The minimum absolute atomic E-state index is 0.161. The van der Waals surface area contributed by atoms with E-state index in [4.69, 9.17) is 23.3 Å². The first-order valence-electron chi connectivity index (χ1n) is 32.5. The van der Waals surface area contributed by atoms with Crippen LogP contribution in [0, 0.1) is 0 Å². The standard InChI is InChI=1S/C66H121O11P/c1-4-7-10-13-16-19-22-25-27-29-31-33-35-38-41-44-47-50-53-56-65(69)76-62(58-67)60-74-78(71,72)75-61-63(59-73-64(68)55-52-49-46-43-40-37-24-21-18-15-12-9-6-3)77-66(70)57-54-51-48-45-42-39-36-34-32-30-28-26-23-20-17-14-11-8-5-2/h12,15,17,20-21,24,26,28,62-63,67H,4-11,13-14,16,18-19,22-23,25,27,29-61H2,1-3H3,(H,71,72)/b15-12-,20-17-,24-21-,28-26-. The van der Waals surface area contributed by atoms with Crippen LogP contribution in [-0.4, -0.2) is 66.5 Å². The highest BCUT2D eigenvalue weighted by Crippen LogP contribution is 2.43. The Labute approximate surface area is 479 Å². The normalized spacial score (nSPS) is 13.6. The molecule has 0 spiro atoms. The van der Waals surface area contributed by atoms with Crippen LogP contribution in [0.25, 0.3) is 0 Å². The highest BCUT2D eigenvalue weighted by atomic mass is 31.2. The Bertz CT molecular complexity index is 1490. The Morgan fingerprint density at radius 2 is 0.654 bits per heavy atom. The lowest BCUT2D eigenvalue weighted by Crippen LogP contribution is -2.30. The molecule has 0 aliphatic heterocycles. The van der Waals surface area contributed by atoms with E-state index in [1.54, 1.807) is 0 Å². The van der Waals surface area contributed by atoms with Gasteiger partial charge in [0.15, 0.2) is 6.10 Å². The van der Waals surface area contributed by atoms with E-state index in [9.17, 15) is 28.9 Å². The number of esters is 3. The molecule has 0 saturated heterocycles. The summed E-state index contributed by atoms with van der Waals surface area (Å²) in [5.41, 5.74) is 0. The molecule has 456 valence electrons. The third-order valence-corrected chi connectivity index (χ3v) is 15.2. The summed E-state index contributed by atoms with van der Waals surface area (Å²) >= 11 is 0. The number of aliphatic hydroxyl groups excluding tert-OH is 1. The van der Waals surface area contributed by atoms with E-state index in [0.717, 1.165) is 96.3 Å². The first-order chi connectivity index (χ1) is 38.2. The SMILES string of the molecule is CCC/C=C\C/C=C\CCCCCCCC(=O)OCC(COP(=O)(O)OCC(CO)OC(=O)CCCCCCCCCCCCCCCCCCCCC)OC(=O)CCCCCCCCCCC/C=C\C/C=C\CCCCC. The summed E-state index contributed by atoms with van der Waals surface area (Å²) in [4.78, 5) is 48.7. The van der Waals surface area contributed by atoms with Gasteiger partial charge in [0.25, 0.3) is 0 Å². The molecule has 2 N–H and O–H groups in total. The summed E-state index contributed by atoms with van der Waals surface area (Å²) in [5, 5.41) is 9.86. The van der Waals surface area contributed by atoms with Crippen LogP contribution in [0.1, 0.15) is 316 Å². The van der Waals surface area contributed by atoms with E-state index < -0.39 is 57.8 Å². The Balaban J connectivity index is 4.62. The molecule has 0 radical (unpaired) electrons. The molecular formula is C66H121O11P. The molecule has 0 bridgehead atoms. The second kappa shape index (κ2) is 60.5. The van der Waals surface area contributed by atoms with Gasteiger partial charge in [0.1, 0.15) is 12.7 Å². The molecule has 0 saturated carbocycles. The number of carbonyl (C=O) groups excluding carboxylic acids is 3. The average molecular weight is 1120 g/mol. The Morgan fingerprint density at radius 3 is 1.03 bits per heavy atom. The fraction of sp³-hybridized carbons (Fsp3) is 0.833. The summed E-state index contributed by atoms with van der Waals surface area (Å²) in [6, 6.07) is 0. The van der Waals surface area contributed by atoms with Crippen molar-refractivity contribution in [2.24, 2.45) is 0 Å². The molecular weight excluding hydrogens is 1000 g/mol. The lowest BCUT2D eigenvalue weighted by Gasteiger charge is -2.21. The van der Waals surface area contributed by atoms with Crippen molar-refractivity contribution in [3.63, 3.8) is 0 Å². The zero-order valence-corrected chi connectivity index (χ0v) is 51.5. The Hall–Kier alpha value is -2.56. The molecule has 0 heterocycles. The quantitative estimate of drug-likeness (QED) is 0.0197. The first kappa shape index (κ1) is 75.4. The lowest BCUT2D eigenvalue weighted by molar-refractivity contribution is -0.161. The molecule has 3 unspecified atom stereocenters. The number of aliphatic hydroxyl groups is 1. The average Bonchev–Trinajstić information content (AvgIpc) is 3.43. The summed E-state index contributed by atoms with van der Waals surface area (Å²) in [7, 11) is -4.75. The number of carbonyl (C=O) groups is 3.